The lowest BCUT2D eigenvalue weighted by Gasteiger charge is -2.23. The van der Waals surface area contributed by atoms with E-state index in [1.54, 1.807) is 9.80 Å². The first-order valence-corrected chi connectivity index (χ1v) is 11.7. The van der Waals surface area contributed by atoms with Crippen molar-refractivity contribution in [1.82, 2.24) is 4.90 Å². The van der Waals surface area contributed by atoms with Crippen molar-refractivity contribution in [2.75, 3.05) is 23.0 Å². The van der Waals surface area contributed by atoms with E-state index in [9.17, 15) is 13.2 Å². The van der Waals surface area contributed by atoms with Gasteiger partial charge in [-0.3, -0.25) is 4.90 Å². The maximum absolute atomic E-state index is 13.4. The number of sulfone groups is 1. The average molecular weight is 415 g/mol. The number of rotatable bonds is 5. The normalized spacial score (nSPS) is 22.8. The second-order valence-corrected chi connectivity index (χ2v) is 10.0. The van der Waals surface area contributed by atoms with Gasteiger partial charge < -0.3 is 9.64 Å². The van der Waals surface area contributed by atoms with Gasteiger partial charge in [-0.05, 0) is 56.2 Å². The summed E-state index contributed by atoms with van der Waals surface area (Å²) in [7, 11) is -3.19. The Bertz CT molecular complexity index is 1030. The third-order valence-electron chi connectivity index (χ3n) is 5.75. The van der Waals surface area contributed by atoms with E-state index in [0.717, 1.165) is 22.4 Å². The Labute approximate surface area is 172 Å². The lowest BCUT2D eigenvalue weighted by molar-refractivity contribution is 0.205. The van der Waals surface area contributed by atoms with E-state index < -0.39 is 9.84 Å². The number of anilines is 1. The topological polar surface area (TPSA) is 66.9 Å². The molecule has 2 atom stereocenters. The zero-order valence-electron chi connectivity index (χ0n) is 17.0. The zero-order valence-corrected chi connectivity index (χ0v) is 17.8. The summed E-state index contributed by atoms with van der Waals surface area (Å²) in [4.78, 5) is 16.7. The van der Waals surface area contributed by atoms with Crippen LogP contribution in [0, 0.1) is 13.8 Å². The van der Waals surface area contributed by atoms with Gasteiger partial charge in [0.2, 0.25) is 0 Å². The Morgan fingerprint density at radius 1 is 1.03 bits per heavy atom. The number of carbonyl (C=O) groups is 1. The number of hydrogen-bond acceptors (Lipinski definition) is 4. The van der Waals surface area contributed by atoms with E-state index in [2.05, 4.69) is 6.07 Å². The summed E-state index contributed by atoms with van der Waals surface area (Å²) in [6.07, 6.45) is 0. The highest BCUT2D eigenvalue weighted by molar-refractivity contribution is 7.91. The predicted molar refractivity (Wildman–Crippen MR) is 113 cm³/mol. The van der Waals surface area contributed by atoms with Gasteiger partial charge >= 0.3 is 6.03 Å². The van der Waals surface area contributed by atoms with E-state index >= 15 is 0 Å². The molecule has 0 unspecified atom stereocenters. The molecule has 2 aromatic carbocycles. The number of ether oxygens (including phenoxy) is 1. The summed E-state index contributed by atoms with van der Waals surface area (Å²) in [5, 5.41) is 0. The van der Waals surface area contributed by atoms with Gasteiger partial charge in [0.25, 0.3) is 0 Å². The highest BCUT2D eigenvalue weighted by Gasteiger charge is 2.53. The van der Waals surface area contributed by atoms with Crippen molar-refractivity contribution in [2.45, 2.75) is 39.4 Å². The quantitative estimate of drug-likeness (QED) is 0.704. The largest absolute Gasteiger partial charge is 0.494 e. The Hall–Kier alpha value is -2.54. The molecule has 154 valence electrons. The number of carbonyl (C=O) groups excluding carboxylic acids is 1. The zero-order chi connectivity index (χ0) is 20.8. The van der Waals surface area contributed by atoms with Gasteiger partial charge in [-0.25, -0.2) is 13.2 Å². The van der Waals surface area contributed by atoms with E-state index in [4.69, 9.17) is 4.74 Å². The van der Waals surface area contributed by atoms with Crippen molar-refractivity contribution in [3.05, 3.63) is 59.2 Å². The van der Waals surface area contributed by atoms with Crippen LogP contribution in [-0.2, 0) is 16.4 Å². The molecule has 2 aromatic rings. The molecule has 7 heteroatoms. The van der Waals surface area contributed by atoms with Crippen molar-refractivity contribution in [2.24, 2.45) is 0 Å². The van der Waals surface area contributed by atoms with E-state index in [1.807, 2.05) is 57.2 Å². The van der Waals surface area contributed by atoms with Gasteiger partial charge in [-0.15, -0.1) is 0 Å². The van der Waals surface area contributed by atoms with Crippen LogP contribution in [0.25, 0.3) is 0 Å². The fourth-order valence-corrected chi connectivity index (χ4v) is 6.24. The first-order chi connectivity index (χ1) is 13.8. The smallest absolute Gasteiger partial charge is 0.325 e. The molecule has 29 heavy (non-hydrogen) atoms. The minimum Gasteiger partial charge on any atom is -0.494 e. The molecule has 2 amide bonds. The van der Waals surface area contributed by atoms with Crippen molar-refractivity contribution < 1.29 is 17.9 Å². The molecule has 0 aromatic heterocycles. The molecule has 0 aliphatic carbocycles. The Morgan fingerprint density at radius 2 is 1.72 bits per heavy atom. The number of urea groups is 1. The minimum atomic E-state index is -3.19. The number of hydrogen-bond donors (Lipinski definition) is 0. The van der Waals surface area contributed by atoms with Crippen LogP contribution in [-0.4, -0.2) is 49.5 Å². The van der Waals surface area contributed by atoms with Gasteiger partial charge in [0.1, 0.15) is 5.75 Å². The van der Waals surface area contributed by atoms with Crippen molar-refractivity contribution in [1.29, 1.82) is 0 Å². The van der Waals surface area contributed by atoms with Gasteiger partial charge in [-0.1, -0.05) is 23.8 Å². The van der Waals surface area contributed by atoms with Crippen molar-refractivity contribution >= 4 is 21.6 Å². The molecule has 2 heterocycles. The summed E-state index contributed by atoms with van der Waals surface area (Å²) in [6.45, 7) is 6.92. The number of benzene rings is 2. The van der Waals surface area contributed by atoms with Crippen LogP contribution >= 0.6 is 0 Å². The molecule has 2 aliphatic heterocycles. The second-order valence-electron chi connectivity index (χ2n) is 7.85. The molecular formula is C22H26N2O4S. The number of aryl methyl sites for hydroxylation is 2. The van der Waals surface area contributed by atoms with Crippen LogP contribution in [0.2, 0.25) is 0 Å². The Kier molecular flexibility index (Phi) is 5.02. The third-order valence-corrected chi connectivity index (χ3v) is 7.45. The fraction of sp³-hybridized carbons (Fsp3) is 0.409. The molecule has 2 aliphatic rings. The predicted octanol–water partition coefficient (Wildman–Crippen LogP) is 3.31. The van der Waals surface area contributed by atoms with Crippen LogP contribution in [0.4, 0.5) is 10.5 Å². The summed E-state index contributed by atoms with van der Waals surface area (Å²) in [5.41, 5.74) is 3.97. The Balaban J connectivity index is 1.68. The molecule has 0 saturated carbocycles. The van der Waals surface area contributed by atoms with E-state index in [0.29, 0.717) is 18.8 Å². The van der Waals surface area contributed by atoms with E-state index in [1.165, 1.54) is 0 Å². The van der Waals surface area contributed by atoms with Gasteiger partial charge in [0.05, 0.1) is 30.2 Å². The SMILES string of the molecule is CCOc1ccc(N2C(=O)N(Cc3cc(C)ccc3C)[C@@H]3CS(=O)(=O)C[C@@H]32)cc1. The molecule has 6 nitrogen and oxygen atoms in total. The van der Waals surface area contributed by atoms with Gasteiger partial charge in [0.15, 0.2) is 9.84 Å². The van der Waals surface area contributed by atoms with Crippen molar-refractivity contribution in [3.63, 3.8) is 0 Å². The molecule has 0 radical (unpaired) electrons. The average Bonchev–Trinajstić information content (AvgIpc) is 3.10. The minimum absolute atomic E-state index is 0.0000816. The molecule has 0 bridgehead atoms. The van der Waals surface area contributed by atoms with Crippen LogP contribution in [0.15, 0.2) is 42.5 Å². The third kappa shape index (κ3) is 3.71. The van der Waals surface area contributed by atoms with Crippen LogP contribution in [0.5, 0.6) is 5.75 Å². The standard InChI is InChI=1S/C22H26N2O4S/c1-4-28-19-9-7-18(8-10-19)24-21-14-29(26,27)13-20(21)23(22(24)25)12-17-11-15(2)5-6-16(17)3/h5-11,20-21H,4,12-14H2,1-3H3/t20-,21+/m1/s1. The van der Waals surface area contributed by atoms with Gasteiger partial charge in [0, 0.05) is 12.2 Å². The molecule has 0 N–H and O–H groups in total. The van der Waals surface area contributed by atoms with Crippen LogP contribution in [0.3, 0.4) is 0 Å². The second kappa shape index (κ2) is 7.37. The number of fused-ring (bicyclic) bond motifs is 1. The highest BCUT2D eigenvalue weighted by atomic mass is 32.2. The monoisotopic (exact) mass is 414 g/mol. The van der Waals surface area contributed by atoms with Crippen LogP contribution in [0.1, 0.15) is 23.6 Å². The fourth-order valence-electron chi connectivity index (χ4n) is 4.29. The summed E-state index contributed by atoms with van der Waals surface area (Å²) in [6, 6.07) is 12.6. The lowest BCUT2D eigenvalue weighted by atomic mass is 10.0. The first kappa shape index (κ1) is 19.8. The highest BCUT2D eigenvalue weighted by Crippen LogP contribution is 2.36. The lowest BCUT2D eigenvalue weighted by Crippen LogP contribution is -2.37. The molecule has 2 saturated heterocycles. The summed E-state index contributed by atoms with van der Waals surface area (Å²) in [5.74, 6) is 0.743. The number of nitrogens with zero attached hydrogens (tertiary/aromatic N) is 2. The molecular weight excluding hydrogens is 388 g/mol. The Morgan fingerprint density at radius 3 is 2.41 bits per heavy atom. The molecule has 2 fully saturated rings. The summed E-state index contributed by atoms with van der Waals surface area (Å²) >= 11 is 0. The molecule has 4 rings (SSSR count). The number of amides is 2. The maximum Gasteiger partial charge on any atom is 0.325 e. The van der Waals surface area contributed by atoms with Gasteiger partial charge in [-0.2, -0.15) is 0 Å². The first-order valence-electron chi connectivity index (χ1n) is 9.88. The summed E-state index contributed by atoms with van der Waals surface area (Å²) < 4.78 is 30.3. The molecule has 0 spiro atoms. The van der Waals surface area contributed by atoms with Crippen LogP contribution < -0.4 is 9.64 Å². The van der Waals surface area contributed by atoms with Crippen molar-refractivity contribution in [3.8, 4) is 5.75 Å². The van der Waals surface area contributed by atoms with E-state index in [-0.39, 0.29) is 29.6 Å². The maximum atomic E-state index is 13.4.